The van der Waals surface area contributed by atoms with Crippen molar-refractivity contribution in [2.75, 3.05) is 12.5 Å². The number of aromatic nitrogens is 2. The molecule has 0 unspecified atom stereocenters. The Bertz CT molecular complexity index is 1390. The van der Waals surface area contributed by atoms with Crippen molar-refractivity contribution < 1.29 is 14.3 Å². The van der Waals surface area contributed by atoms with Gasteiger partial charge in [-0.05, 0) is 48.5 Å². The van der Waals surface area contributed by atoms with Crippen LogP contribution in [0.4, 0.5) is 0 Å². The van der Waals surface area contributed by atoms with Crippen molar-refractivity contribution in [1.29, 1.82) is 0 Å². The summed E-state index contributed by atoms with van der Waals surface area (Å²) < 4.78 is 12.1. The smallest absolute Gasteiger partial charge is 0.266 e. The minimum Gasteiger partial charge on any atom is -0.454 e. The van der Waals surface area contributed by atoms with Crippen molar-refractivity contribution >= 4 is 40.0 Å². The number of hydrogen-bond donors (Lipinski definition) is 0. The first-order chi connectivity index (χ1) is 15.1. The highest BCUT2D eigenvalue weighted by atomic mass is 35.5. The first kappa shape index (κ1) is 19.7. The van der Waals surface area contributed by atoms with Gasteiger partial charge in [-0.1, -0.05) is 41.6 Å². The standard InChI is InChI=1S/C23H15ClN2O4S/c24-15-4-3-5-16(11-15)26-22(28)17-6-1-2-7-18(17)25-23(26)31-12-19(27)14-8-9-20-21(10-14)30-13-29-20/h1-11H,12-13H2. The number of ketones is 1. The van der Waals surface area contributed by atoms with Gasteiger partial charge in [0.15, 0.2) is 22.4 Å². The number of halogens is 1. The molecule has 0 radical (unpaired) electrons. The van der Waals surface area contributed by atoms with Crippen LogP contribution in [-0.2, 0) is 0 Å². The highest BCUT2D eigenvalue weighted by Gasteiger charge is 2.18. The summed E-state index contributed by atoms with van der Waals surface area (Å²) in [6.07, 6.45) is 0. The lowest BCUT2D eigenvalue weighted by Gasteiger charge is -2.13. The number of nitrogens with zero attached hydrogens (tertiary/aromatic N) is 2. The number of carbonyl (C=O) groups is 1. The molecule has 5 rings (SSSR count). The van der Waals surface area contributed by atoms with Crippen LogP contribution in [0.15, 0.2) is 76.7 Å². The minimum absolute atomic E-state index is 0.102. The summed E-state index contributed by atoms with van der Waals surface area (Å²) in [6, 6.07) is 19.2. The van der Waals surface area contributed by atoms with Gasteiger partial charge in [-0.15, -0.1) is 0 Å². The van der Waals surface area contributed by atoms with Crippen molar-refractivity contribution in [3.63, 3.8) is 0 Å². The van der Waals surface area contributed by atoms with Crippen LogP contribution >= 0.6 is 23.4 Å². The molecule has 0 saturated heterocycles. The maximum Gasteiger partial charge on any atom is 0.266 e. The van der Waals surface area contributed by atoms with Gasteiger partial charge >= 0.3 is 0 Å². The Kier molecular flexibility index (Phi) is 5.13. The lowest BCUT2D eigenvalue weighted by molar-refractivity contribution is 0.102. The molecule has 0 aliphatic carbocycles. The van der Waals surface area contributed by atoms with Gasteiger partial charge in [-0.3, -0.25) is 14.2 Å². The highest BCUT2D eigenvalue weighted by Crippen LogP contribution is 2.33. The van der Waals surface area contributed by atoms with E-state index in [9.17, 15) is 9.59 Å². The van der Waals surface area contributed by atoms with Crippen LogP contribution in [0.1, 0.15) is 10.4 Å². The summed E-state index contributed by atoms with van der Waals surface area (Å²) in [4.78, 5) is 30.7. The zero-order valence-corrected chi connectivity index (χ0v) is 17.7. The third kappa shape index (κ3) is 3.78. The summed E-state index contributed by atoms with van der Waals surface area (Å²) >= 11 is 7.35. The number of ether oxygens (including phenoxy) is 2. The molecule has 1 aliphatic rings. The van der Waals surface area contributed by atoms with Gasteiger partial charge < -0.3 is 9.47 Å². The monoisotopic (exact) mass is 450 g/mol. The molecule has 3 aromatic carbocycles. The van der Waals surface area contributed by atoms with E-state index < -0.39 is 0 Å². The molecule has 0 saturated carbocycles. The summed E-state index contributed by atoms with van der Waals surface area (Å²) in [5.41, 5.74) is 1.46. The second-order valence-corrected chi connectivity index (χ2v) is 8.19. The number of carbonyl (C=O) groups excluding carboxylic acids is 1. The highest BCUT2D eigenvalue weighted by molar-refractivity contribution is 7.99. The van der Waals surface area contributed by atoms with Crippen molar-refractivity contribution in [2.24, 2.45) is 0 Å². The van der Waals surface area contributed by atoms with Gasteiger partial charge in [0.25, 0.3) is 5.56 Å². The van der Waals surface area contributed by atoms with Crippen LogP contribution in [0, 0.1) is 0 Å². The van der Waals surface area contributed by atoms with Crippen LogP contribution in [0.25, 0.3) is 16.6 Å². The Morgan fingerprint density at radius 3 is 2.74 bits per heavy atom. The average Bonchev–Trinajstić information content (AvgIpc) is 3.25. The Balaban J connectivity index is 1.52. The second-order valence-electron chi connectivity index (χ2n) is 6.81. The van der Waals surface area contributed by atoms with Crippen LogP contribution in [0.5, 0.6) is 11.5 Å². The molecule has 0 N–H and O–H groups in total. The Labute approximate surface area is 186 Å². The summed E-state index contributed by atoms with van der Waals surface area (Å²) in [5, 5.41) is 1.42. The van der Waals surface area contributed by atoms with E-state index in [1.807, 2.05) is 6.07 Å². The summed E-state index contributed by atoms with van der Waals surface area (Å²) in [7, 11) is 0. The number of thioether (sulfide) groups is 1. The zero-order valence-electron chi connectivity index (χ0n) is 16.1. The lowest BCUT2D eigenvalue weighted by atomic mass is 10.1. The molecule has 154 valence electrons. The van der Waals surface area contributed by atoms with Gasteiger partial charge in [-0.2, -0.15) is 0 Å². The third-order valence-corrected chi connectivity index (χ3v) is 6.01. The quantitative estimate of drug-likeness (QED) is 0.248. The maximum atomic E-state index is 13.3. The number of fused-ring (bicyclic) bond motifs is 2. The van der Waals surface area contributed by atoms with Crippen LogP contribution in [0.2, 0.25) is 5.02 Å². The molecular formula is C23H15ClN2O4S. The number of Topliss-reactive ketones (excluding diaryl/α,β-unsaturated/α-hetero) is 1. The van der Waals surface area contributed by atoms with E-state index in [2.05, 4.69) is 4.98 Å². The molecule has 31 heavy (non-hydrogen) atoms. The van der Waals surface area contributed by atoms with Gasteiger partial charge in [0.1, 0.15) is 0 Å². The lowest BCUT2D eigenvalue weighted by Crippen LogP contribution is -2.22. The molecule has 6 nitrogen and oxygen atoms in total. The predicted octanol–water partition coefficient (Wildman–Crippen LogP) is 4.74. The number of rotatable bonds is 5. The number of hydrogen-bond acceptors (Lipinski definition) is 6. The molecule has 0 spiro atoms. The Morgan fingerprint density at radius 2 is 1.87 bits per heavy atom. The van der Waals surface area contributed by atoms with E-state index in [1.54, 1.807) is 60.7 Å². The topological polar surface area (TPSA) is 70.4 Å². The van der Waals surface area contributed by atoms with E-state index in [-0.39, 0.29) is 23.9 Å². The fraction of sp³-hybridized carbons (Fsp3) is 0.0870. The second kappa shape index (κ2) is 8.09. The number of benzene rings is 3. The van der Waals surface area contributed by atoms with Crippen LogP contribution in [-0.4, -0.2) is 27.9 Å². The SMILES string of the molecule is O=C(CSc1nc2ccccc2c(=O)n1-c1cccc(Cl)c1)c1ccc2c(c1)OCO2. The molecule has 0 bridgehead atoms. The van der Waals surface area contributed by atoms with E-state index in [0.717, 1.165) is 0 Å². The van der Waals surface area contributed by atoms with Crippen LogP contribution in [0.3, 0.4) is 0 Å². The Hall–Kier alpha value is -3.29. The normalized spacial score (nSPS) is 12.3. The molecule has 1 aliphatic heterocycles. The summed E-state index contributed by atoms with van der Waals surface area (Å²) in [6.45, 7) is 0.147. The van der Waals surface area contributed by atoms with E-state index in [0.29, 0.717) is 43.8 Å². The average molecular weight is 451 g/mol. The molecular weight excluding hydrogens is 436 g/mol. The molecule has 1 aromatic heterocycles. The Morgan fingerprint density at radius 1 is 1.03 bits per heavy atom. The molecule has 8 heteroatoms. The molecule has 0 atom stereocenters. The van der Waals surface area contributed by atoms with Gasteiger partial charge in [-0.25, -0.2) is 4.98 Å². The first-order valence-corrected chi connectivity index (χ1v) is 10.8. The van der Waals surface area contributed by atoms with Crippen molar-refractivity contribution in [3.8, 4) is 17.2 Å². The van der Waals surface area contributed by atoms with Crippen molar-refractivity contribution in [3.05, 3.63) is 87.7 Å². The maximum absolute atomic E-state index is 13.3. The largest absolute Gasteiger partial charge is 0.454 e. The molecule has 4 aromatic rings. The molecule has 0 amide bonds. The fourth-order valence-electron chi connectivity index (χ4n) is 3.34. The summed E-state index contributed by atoms with van der Waals surface area (Å²) in [5.74, 6) is 1.17. The van der Waals surface area contributed by atoms with E-state index in [4.69, 9.17) is 21.1 Å². The molecule has 0 fully saturated rings. The van der Waals surface area contributed by atoms with E-state index >= 15 is 0 Å². The van der Waals surface area contributed by atoms with Crippen molar-refractivity contribution in [1.82, 2.24) is 9.55 Å². The fourth-order valence-corrected chi connectivity index (χ4v) is 4.43. The van der Waals surface area contributed by atoms with Gasteiger partial charge in [0.2, 0.25) is 6.79 Å². The predicted molar refractivity (Wildman–Crippen MR) is 120 cm³/mol. The minimum atomic E-state index is -0.217. The first-order valence-electron chi connectivity index (χ1n) is 9.43. The van der Waals surface area contributed by atoms with Crippen molar-refractivity contribution in [2.45, 2.75) is 5.16 Å². The zero-order chi connectivity index (χ0) is 21.4. The third-order valence-electron chi connectivity index (χ3n) is 4.84. The van der Waals surface area contributed by atoms with E-state index in [1.165, 1.54) is 16.3 Å². The molecule has 2 heterocycles. The van der Waals surface area contributed by atoms with Gasteiger partial charge in [0, 0.05) is 10.6 Å². The number of para-hydroxylation sites is 1. The van der Waals surface area contributed by atoms with Gasteiger partial charge in [0.05, 0.1) is 22.3 Å². The van der Waals surface area contributed by atoms with Crippen LogP contribution < -0.4 is 15.0 Å².